The van der Waals surface area contributed by atoms with E-state index in [0.29, 0.717) is 0 Å². The predicted octanol–water partition coefficient (Wildman–Crippen LogP) is 3.85. The molecule has 3 rings (SSSR count). The summed E-state index contributed by atoms with van der Waals surface area (Å²) in [6.07, 6.45) is 8.86. The van der Waals surface area contributed by atoms with Crippen molar-refractivity contribution in [3.8, 4) is 5.75 Å². The zero-order chi connectivity index (χ0) is 13.1. The Kier molecular flexibility index (Phi) is 4.44. The summed E-state index contributed by atoms with van der Waals surface area (Å²) in [7, 11) is 0. The second-order valence-electron chi connectivity index (χ2n) is 5.69. The summed E-state index contributed by atoms with van der Waals surface area (Å²) in [4.78, 5) is 0. The Morgan fingerprint density at radius 3 is 2.95 bits per heavy atom. The third-order valence-electron chi connectivity index (χ3n) is 3.96. The van der Waals surface area contributed by atoms with Crippen LogP contribution in [0.4, 0.5) is 0 Å². The van der Waals surface area contributed by atoms with Crippen LogP contribution in [0.25, 0.3) is 0 Å². The van der Waals surface area contributed by atoms with Crippen LogP contribution in [0.1, 0.15) is 43.2 Å². The quantitative estimate of drug-likeness (QED) is 0.769. The zero-order valence-electron chi connectivity index (χ0n) is 11.4. The van der Waals surface area contributed by atoms with Crippen LogP contribution in [-0.2, 0) is 12.8 Å². The van der Waals surface area contributed by atoms with Crippen molar-refractivity contribution in [2.45, 2.75) is 51.0 Å². The number of ether oxygens (including phenoxy) is 1. The maximum atomic E-state index is 5.77. The highest BCUT2D eigenvalue weighted by atomic mass is 79.9. The van der Waals surface area contributed by atoms with Gasteiger partial charge in [-0.25, -0.2) is 0 Å². The van der Waals surface area contributed by atoms with Crippen molar-refractivity contribution >= 4 is 15.9 Å². The minimum absolute atomic E-state index is 0.849. The molecule has 0 amide bonds. The third-order valence-corrected chi connectivity index (χ3v) is 4.42. The molecule has 1 fully saturated rings. The molecule has 2 nitrogen and oxygen atoms in total. The lowest BCUT2D eigenvalue weighted by Crippen LogP contribution is -2.17. The molecule has 1 heterocycles. The van der Waals surface area contributed by atoms with Gasteiger partial charge in [0.25, 0.3) is 0 Å². The van der Waals surface area contributed by atoms with E-state index in [2.05, 4.69) is 33.4 Å². The first kappa shape index (κ1) is 13.4. The van der Waals surface area contributed by atoms with Gasteiger partial charge in [0.15, 0.2) is 0 Å². The fourth-order valence-corrected chi connectivity index (χ4v) is 3.30. The number of halogens is 1. The van der Waals surface area contributed by atoms with E-state index in [1.54, 1.807) is 0 Å². The molecule has 2 aliphatic rings. The summed E-state index contributed by atoms with van der Waals surface area (Å²) in [6, 6.07) is 5.28. The maximum Gasteiger partial charge on any atom is 0.125 e. The van der Waals surface area contributed by atoms with Gasteiger partial charge >= 0.3 is 0 Å². The molecule has 1 aliphatic carbocycles. The van der Waals surface area contributed by atoms with Crippen LogP contribution in [0.5, 0.6) is 5.75 Å². The fraction of sp³-hybridized carbons (Fsp3) is 0.625. The van der Waals surface area contributed by atoms with E-state index < -0.39 is 0 Å². The third kappa shape index (κ3) is 3.73. The van der Waals surface area contributed by atoms with Gasteiger partial charge in [-0.1, -0.05) is 22.4 Å². The lowest BCUT2D eigenvalue weighted by Gasteiger charge is -2.09. The smallest absolute Gasteiger partial charge is 0.125 e. The van der Waals surface area contributed by atoms with Crippen LogP contribution in [0.2, 0.25) is 0 Å². The van der Waals surface area contributed by atoms with Gasteiger partial charge in [0.1, 0.15) is 5.75 Å². The maximum absolute atomic E-state index is 5.77. The van der Waals surface area contributed by atoms with E-state index in [1.807, 2.05) is 0 Å². The largest absolute Gasteiger partial charge is 0.493 e. The van der Waals surface area contributed by atoms with Crippen LogP contribution in [0.3, 0.4) is 0 Å². The standard InChI is InChI=1S/C16H22BrNO/c17-14-10-12(16-13(11-14)7-9-19-16)4-2-1-3-8-18-15-5-6-15/h10-11,15,18H,1-9H2. The summed E-state index contributed by atoms with van der Waals surface area (Å²) >= 11 is 3.61. The van der Waals surface area contributed by atoms with Crippen molar-refractivity contribution in [1.82, 2.24) is 5.32 Å². The number of unbranched alkanes of at least 4 members (excludes halogenated alkanes) is 2. The van der Waals surface area contributed by atoms with Gasteiger partial charge in [-0.2, -0.15) is 0 Å². The van der Waals surface area contributed by atoms with Gasteiger partial charge < -0.3 is 10.1 Å². The van der Waals surface area contributed by atoms with Crippen molar-refractivity contribution in [1.29, 1.82) is 0 Å². The minimum Gasteiger partial charge on any atom is -0.493 e. The number of hydrogen-bond donors (Lipinski definition) is 1. The van der Waals surface area contributed by atoms with E-state index in [4.69, 9.17) is 4.74 Å². The SMILES string of the molecule is Brc1cc(CCCCCNC2CC2)c2c(c1)CCO2. The van der Waals surface area contributed by atoms with Crippen molar-refractivity contribution in [2.24, 2.45) is 0 Å². The predicted molar refractivity (Wildman–Crippen MR) is 81.9 cm³/mol. The number of fused-ring (bicyclic) bond motifs is 1. The van der Waals surface area contributed by atoms with Gasteiger partial charge in [0.05, 0.1) is 6.61 Å². The summed E-state index contributed by atoms with van der Waals surface area (Å²) in [6.45, 7) is 2.04. The monoisotopic (exact) mass is 323 g/mol. The van der Waals surface area contributed by atoms with Crippen LogP contribution < -0.4 is 10.1 Å². The van der Waals surface area contributed by atoms with E-state index >= 15 is 0 Å². The molecule has 1 aromatic carbocycles. The first-order valence-electron chi connectivity index (χ1n) is 7.50. The Hall–Kier alpha value is -0.540. The summed E-state index contributed by atoms with van der Waals surface area (Å²) in [5.41, 5.74) is 2.76. The van der Waals surface area contributed by atoms with Gasteiger partial charge in [0.2, 0.25) is 0 Å². The molecule has 1 aromatic rings. The number of aryl methyl sites for hydroxylation is 1. The highest BCUT2D eigenvalue weighted by molar-refractivity contribution is 9.10. The topological polar surface area (TPSA) is 21.3 Å². The Morgan fingerprint density at radius 1 is 1.21 bits per heavy atom. The van der Waals surface area contributed by atoms with Crippen molar-refractivity contribution < 1.29 is 4.74 Å². The Balaban J connectivity index is 1.44. The molecule has 1 saturated carbocycles. The first-order valence-corrected chi connectivity index (χ1v) is 8.30. The number of nitrogens with one attached hydrogen (secondary N) is 1. The zero-order valence-corrected chi connectivity index (χ0v) is 13.0. The second-order valence-corrected chi connectivity index (χ2v) is 6.61. The molecule has 0 atom stereocenters. The minimum atomic E-state index is 0.849. The summed E-state index contributed by atoms with van der Waals surface area (Å²) in [5, 5.41) is 3.57. The molecule has 0 spiro atoms. The first-order chi connectivity index (χ1) is 9.33. The average molecular weight is 324 g/mol. The molecule has 0 aromatic heterocycles. The molecule has 0 unspecified atom stereocenters. The Labute approximate surface area is 124 Å². The van der Waals surface area contributed by atoms with Crippen molar-refractivity contribution in [2.75, 3.05) is 13.2 Å². The molecule has 19 heavy (non-hydrogen) atoms. The van der Waals surface area contributed by atoms with Crippen molar-refractivity contribution in [3.63, 3.8) is 0 Å². The molecule has 1 aliphatic heterocycles. The van der Waals surface area contributed by atoms with Crippen LogP contribution in [0.15, 0.2) is 16.6 Å². The van der Waals surface area contributed by atoms with Gasteiger partial charge in [-0.3, -0.25) is 0 Å². The molecular weight excluding hydrogens is 302 g/mol. The molecule has 104 valence electrons. The molecular formula is C16H22BrNO. The van der Waals surface area contributed by atoms with Crippen LogP contribution >= 0.6 is 15.9 Å². The van der Waals surface area contributed by atoms with E-state index in [0.717, 1.165) is 25.5 Å². The van der Waals surface area contributed by atoms with Crippen LogP contribution in [0, 0.1) is 0 Å². The highest BCUT2D eigenvalue weighted by Crippen LogP contribution is 2.33. The Morgan fingerprint density at radius 2 is 2.11 bits per heavy atom. The average Bonchev–Trinajstić information content (AvgIpc) is 3.09. The molecule has 0 bridgehead atoms. The normalized spacial score (nSPS) is 17.3. The summed E-state index contributed by atoms with van der Waals surface area (Å²) in [5.74, 6) is 1.17. The fourth-order valence-electron chi connectivity index (χ4n) is 2.74. The molecule has 0 saturated heterocycles. The lowest BCUT2D eigenvalue weighted by molar-refractivity contribution is 0.353. The Bertz CT molecular complexity index is 443. The molecule has 1 N–H and O–H groups in total. The molecule has 3 heteroatoms. The summed E-state index contributed by atoms with van der Waals surface area (Å²) < 4.78 is 6.97. The van der Waals surface area contributed by atoms with Crippen molar-refractivity contribution in [3.05, 3.63) is 27.7 Å². The van der Waals surface area contributed by atoms with Gasteiger partial charge in [0, 0.05) is 16.9 Å². The number of benzene rings is 1. The second kappa shape index (κ2) is 6.27. The molecule has 0 radical (unpaired) electrons. The van der Waals surface area contributed by atoms with Gasteiger partial charge in [-0.05, 0) is 61.9 Å². The highest BCUT2D eigenvalue weighted by Gasteiger charge is 2.19. The lowest BCUT2D eigenvalue weighted by atomic mass is 10.0. The van der Waals surface area contributed by atoms with Crippen LogP contribution in [-0.4, -0.2) is 19.2 Å². The number of hydrogen-bond acceptors (Lipinski definition) is 2. The van der Waals surface area contributed by atoms with E-state index in [-0.39, 0.29) is 0 Å². The van der Waals surface area contributed by atoms with E-state index in [1.165, 1.54) is 60.0 Å². The van der Waals surface area contributed by atoms with Gasteiger partial charge in [-0.15, -0.1) is 0 Å². The van der Waals surface area contributed by atoms with E-state index in [9.17, 15) is 0 Å². The number of rotatable bonds is 7.